The van der Waals surface area contributed by atoms with Crippen molar-refractivity contribution < 1.29 is 26.4 Å². The quantitative estimate of drug-likeness (QED) is 0.363. The van der Waals surface area contributed by atoms with Crippen LogP contribution in [0, 0.1) is 0 Å². The van der Waals surface area contributed by atoms with Gasteiger partial charge >= 0.3 is 6.18 Å². The molecule has 0 fully saturated rings. The van der Waals surface area contributed by atoms with Crippen molar-refractivity contribution in [3.05, 3.63) is 71.0 Å². The Morgan fingerprint density at radius 2 is 1.73 bits per heavy atom. The summed E-state index contributed by atoms with van der Waals surface area (Å²) in [7, 11) is -3.74. The average Bonchev–Trinajstić information content (AvgIpc) is 3.13. The number of hydrogen-bond acceptors (Lipinski definition) is 4. The molecule has 14 heteroatoms. The SMILES string of the molecule is CS(=O)(=O)N=C(N)Nc1cccc(NC(=O)c2cnn(-c3ccc(Cl)cc3)c2C(F)(F)F)c1. The number of anilines is 2. The van der Waals surface area contributed by atoms with Gasteiger partial charge in [-0.05, 0) is 42.5 Å². The first-order valence-corrected chi connectivity index (χ1v) is 11.2. The minimum absolute atomic E-state index is 0.0672. The first-order valence-electron chi connectivity index (χ1n) is 8.98. The van der Waals surface area contributed by atoms with Gasteiger partial charge < -0.3 is 16.4 Å². The summed E-state index contributed by atoms with van der Waals surface area (Å²) in [5, 5.41) is 8.92. The number of alkyl halides is 3. The number of nitrogens with one attached hydrogen (secondary N) is 2. The summed E-state index contributed by atoms with van der Waals surface area (Å²) in [6, 6.07) is 11.2. The summed E-state index contributed by atoms with van der Waals surface area (Å²) in [5.41, 5.74) is 3.96. The molecule has 1 heterocycles. The van der Waals surface area contributed by atoms with Crippen LogP contribution < -0.4 is 16.4 Å². The Morgan fingerprint density at radius 3 is 2.30 bits per heavy atom. The van der Waals surface area contributed by atoms with Crippen molar-refractivity contribution in [2.24, 2.45) is 10.1 Å². The Hall–Kier alpha value is -3.58. The lowest BCUT2D eigenvalue weighted by molar-refractivity contribution is -0.143. The van der Waals surface area contributed by atoms with Crippen molar-refractivity contribution in [3.8, 4) is 5.69 Å². The van der Waals surface area contributed by atoms with Crippen molar-refractivity contribution in [2.45, 2.75) is 6.18 Å². The number of benzene rings is 2. The predicted octanol–water partition coefficient (Wildman–Crippen LogP) is 3.48. The maximum atomic E-state index is 13.8. The molecule has 1 aromatic heterocycles. The zero-order valence-corrected chi connectivity index (χ0v) is 18.3. The smallest absolute Gasteiger partial charge is 0.369 e. The minimum atomic E-state index is -4.89. The van der Waals surface area contributed by atoms with Crippen molar-refractivity contribution in [3.63, 3.8) is 0 Å². The van der Waals surface area contributed by atoms with E-state index in [0.29, 0.717) is 9.70 Å². The molecule has 0 atom stereocenters. The van der Waals surface area contributed by atoms with Gasteiger partial charge in [-0.2, -0.15) is 18.3 Å². The lowest BCUT2D eigenvalue weighted by Crippen LogP contribution is -2.24. The van der Waals surface area contributed by atoms with Gasteiger partial charge in [0.1, 0.15) is 0 Å². The van der Waals surface area contributed by atoms with Gasteiger partial charge in [-0.15, -0.1) is 4.40 Å². The normalized spacial score (nSPS) is 12.5. The van der Waals surface area contributed by atoms with Gasteiger partial charge in [0, 0.05) is 16.4 Å². The van der Waals surface area contributed by atoms with Crippen LogP contribution in [-0.2, 0) is 16.2 Å². The van der Waals surface area contributed by atoms with E-state index in [1.54, 1.807) is 0 Å². The summed E-state index contributed by atoms with van der Waals surface area (Å²) in [4.78, 5) is 12.7. The van der Waals surface area contributed by atoms with E-state index in [4.69, 9.17) is 17.3 Å². The van der Waals surface area contributed by atoms with Crippen LogP contribution in [0.1, 0.15) is 16.1 Å². The number of nitrogens with two attached hydrogens (primary N) is 1. The van der Waals surface area contributed by atoms with E-state index in [1.165, 1.54) is 48.5 Å². The lowest BCUT2D eigenvalue weighted by Gasteiger charge is -2.13. The third-order valence-electron chi connectivity index (χ3n) is 4.01. The number of carbonyl (C=O) groups is 1. The van der Waals surface area contributed by atoms with Crippen LogP contribution in [0.3, 0.4) is 0 Å². The number of sulfonamides is 1. The number of amides is 1. The molecule has 0 saturated carbocycles. The maximum Gasteiger partial charge on any atom is 0.434 e. The molecule has 4 N–H and O–H groups in total. The van der Waals surface area contributed by atoms with E-state index in [2.05, 4.69) is 20.1 Å². The van der Waals surface area contributed by atoms with E-state index < -0.39 is 39.3 Å². The van der Waals surface area contributed by atoms with Gasteiger partial charge in [-0.1, -0.05) is 17.7 Å². The van der Waals surface area contributed by atoms with Crippen molar-refractivity contribution in [2.75, 3.05) is 16.9 Å². The van der Waals surface area contributed by atoms with Crippen LogP contribution in [0.4, 0.5) is 24.5 Å². The fraction of sp³-hybridized carbons (Fsp3) is 0.105. The highest BCUT2D eigenvalue weighted by Gasteiger charge is 2.40. The van der Waals surface area contributed by atoms with Gasteiger partial charge in [0.15, 0.2) is 5.69 Å². The first-order chi connectivity index (χ1) is 15.3. The highest BCUT2D eigenvalue weighted by molar-refractivity contribution is 7.89. The minimum Gasteiger partial charge on any atom is -0.369 e. The second-order valence-electron chi connectivity index (χ2n) is 6.66. The van der Waals surface area contributed by atoms with E-state index in [9.17, 15) is 26.4 Å². The molecule has 2 aromatic carbocycles. The average molecular weight is 501 g/mol. The van der Waals surface area contributed by atoms with Gasteiger partial charge in [0.25, 0.3) is 15.9 Å². The third-order valence-corrected chi connectivity index (χ3v) is 4.79. The third kappa shape index (κ3) is 6.23. The van der Waals surface area contributed by atoms with Gasteiger partial charge in [-0.3, -0.25) is 4.79 Å². The van der Waals surface area contributed by atoms with Crippen LogP contribution >= 0.6 is 11.6 Å². The molecular formula is C19H16ClF3N6O3S. The molecule has 1 amide bonds. The van der Waals surface area contributed by atoms with Crippen LogP contribution in [0.5, 0.6) is 0 Å². The molecule has 0 aliphatic rings. The Balaban J connectivity index is 1.89. The van der Waals surface area contributed by atoms with Crippen LogP contribution in [0.15, 0.2) is 59.1 Å². The lowest BCUT2D eigenvalue weighted by atomic mass is 10.2. The van der Waals surface area contributed by atoms with Crippen molar-refractivity contribution >= 4 is 44.9 Å². The molecule has 0 radical (unpaired) electrons. The molecule has 0 unspecified atom stereocenters. The number of rotatable bonds is 5. The summed E-state index contributed by atoms with van der Waals surface area (Å²) in [5.74, 6) is -1.48. The standard InChI is InChI=1S/C19H16ClF3N6O3S/c1-33(31,32)28-18(24)27-13-4-2-3-12(9-13)26-17(30)15-10-25-29(16(15)19(21,22)23)14-7-5-11(20)6-8-14/h2-10H,1H3,(H,26,30)(H3,24,27,28). The number of carbonyl (C=O) groups excluding carboxylic acids is 1. The largest absolute Gasteiger partial charge is 0.434 e. The van der Waals surface area contributed by atoms with Crippen molar-refractivity contribution in [1.82, 2.24) is 9.78 Å². The molecule has 0 aliphatic heterocycles. The number of halogens is 4. The number of aromatic nitrogens is 2. The van der Waals surface area contributed by atoms with E-state index in [1.807, 2.05) is 0 Å². The summed E-state index contributed by atoms with van der Waals surface area (Å²) >= 11 is 5.78. The number of hydrogen-bond donors (Lipinski definition) is 3. The predicted molar refractivity (Wildman–Crippen MR) is 118 cm³/mol. The topological polar surface area (TPSA) is 131 Å². The van der Waals surface area contributed by atoms with Gasteiger partial charge in [-0.25, -0.2) is 13.1 Å². The summed E-state index contributed by atoms with van der Waals surface area (Å²) in [6.07, 6.45) is -3.23. The molecule has 33 heavy (non-hydrogen) atoms. The highest BCUT2D eigenvalue weighted by Crippen LogP contribution is 2.34. The zero-order chi connectivity index (χ0) is 24.4. The van der Waals surface area contributed by atoms with Gasteiger partial charge in [0.05, 0.1) is 23.7 Å². The Bertz CT molecular complexity index is 1320. The Labute approximate surface area is 191 Å². The molecule has 9 nitrogen and oxygen atoms in total. The molecule has 174 valence electrons. The summed E-state index contributed by atoms with van der Waals surface area (Å²) in [6.45, 7) is 0. The monoisotopic (exact) mass is 500 g/mol. The molecule has 0 bridgehead atoms. The first kappa shape index (κ1) is 24.1. The molecule has 0 spiro atoms. The van der Waals surface area contributed by atoms with Crippen LogP contribution in [-0.4, -0.2) is 36.3 Å². The second-order valence-corrected chi connectivity index (χ2v) is 8.75. The van der Waals surface area contributed by atoms with E-state index >= 15 is 0 Å². The molecule has 3 rings (SSSR count). The molecular weight excluding hydrogens is 485 g/mol. The molecule has 0 aliphatic carbocycles. The maximum absolute atomic E-state index is 13.8. The zero-order valence-electron chi connectivity index (χ0n) is 16.8. The van der Waals surface area contributed by atoms with Gasteiger partial charge in [0.2, 0.25) is 5.96 Å². The van der Waals surface area contributed by atoms with Crippen LogP contribution in [0.2, 0.25) is 5.02 Å². The molecule has 0 saturated heterocycles. The number of guanidine groups is 1. The summed E-state index contributed by atoms with van der Waals surface area (Å²) < 4.78 is 67.6. The fourth-order valence-corrected chi connectivity index (χ4v) is 3.32. The van der Waals surface area contributed by atoms with E-state index in [0.717, 1.165) is 12.5 Å². The van der Waals surface area contributed by atoms with Crippen LogP contribution in [0.25, 0.3) is 5.69 Å². The Morgan fingerprint density at radius 1 is 1.12 bits per heavy atom. The number of nitrogens with zero attached hydrogens (tertiary/aromatic N) is 3. The highest BCUT2D eigenvalue weighted by atomic mass is 35.5. The molecule has 3 aromatic rings. The Kier molecular flexibility index (Phi) is 6.65. The fourth-order valence-electron chi connectivity index (χ4n) is 2.79. The van der Waals surface area contributed by atoms with Crippen molar-refractivity contribution in [1.29, 1.82) is 0 Å². The second kappa shape index (κ2) is 9.11. The van der Waals surface area contributed by atoms with E-state index in [-0.39, 0.29) is 17.1 Å².